The number of carbonyl (C=O) groups is 2. The van der Waals surface area contributed by atoms with Gasteiger partial charge >= 0.3 is 5.97 Å². The van der Waals surface area contributed by atoms with Crippen LogP contribution in [0, 0.1) is 13.8 Å². The van der Waals surface area contributed by atoms with Crippen molar-refractivity contribution in [1.29, 1.82) is 0 Å². The predicted molar refractivity (Wildman–Crippen MR) is 120 cm³/mol. The zero-order valence-corrected chi connectivity index (χ0v) is 19.1. The molecule has 1 aromatic heterocycles. The van der Waals surface area contributed by atoms with Crippen LogP contribution in [0.25, 0.3) is 11.1 Å². The van der Waals surface area contributed by atoms with Crippen LogP contribution in [0.15, 0.2) is 23.6 Å². The fraction of sp³-hybridized carbons (Fsp3) is 0.478. The lowest BCUT2D eigenvalue weighted by molar-refractivity contribution is -0.121. The van der Waals surface area contributed by atoms with E-state index >= 15 is 0 Å². The Morgan fingerprint density at radius 1 is 1.20 bits per heavy atom. The smallest absolute Gasteiger partial charge is 0.341 e. The summed E-state index contributed by atoms with van der Waals surface area (Å²) in [7, 11) is 0. The van der Waals surface area contributed by atoms with E-state index in [1.807, 2.05) is 45.2 Å². The van der Waals surface area contributed by atoms with Gasteiger partial charge < -0.3 is 14.8 Å². The molecule has 2 heterocycles. The lowest BCUT2D eigenvalue weighted by Gasteiger charge is -2.34. The molecule has 7 heteroatoms. The van der Waals surface area contributed by atoms with Crippen molar-refractivity contribution in [3.63, 3.8) is 0 Å². The molecular formula is C23H30N2O4S. The van der Waals surface area contributed by atoms with Crippen LogP contribution in [0.5, 0.6) is 0 Å². The van der Waals surface area contributed by atoms with Crippen molar-refractivity contribution in [2.24, 2.45) is 0 Å². The van der Waals surface area contributed by atoms with E-state index in [-0.39, 0.29) is 31.3 Å². The number of thiophene rings is 1. The van der Waals surface area contributed by atoms with Crippen molar-refractivity contribution in [2.45, 2.75) is 46.8 Å². The van der Waals surface area contributed by atoms with Crippen molar-refractivity contribution in [3.8, 4) is 11.1 Å². The average molecular weight is 431 g/mol. The molecule has 1 amide bonds. The van der Waals surface area contributed by atoms with Crippen molar-refractivity contribution in [1.82, 2.24) is 4.90 Å². The van der Waals surface area contributed by atoms with E-state index < -0.39 is 5.97 Å². The molecule has 1 aliphatic rings. The number of nitrogens with one attached hydrogen (secondary N) is 1. The van der Waals surface area contributed by atoms with Crippen molar-refractivity contribution < 1.29 is 19.1 Å². The summed E-state index contributed by atoms with van der Waals surface area (Å²) in [5.41, 5.74) is 4.42. The first-order valence-electron chi connectivity index (χ1n) is 10.3. The van der Waals surface area contributed by atoms with Crippen LogP contribution < -0.4 is 5.32 Å². The molecule has 0 spiro atoms. The Kier molecular flexibility index (Phi) is 7.28. The summed E-state index contributed by atoms with van der Waals surface area (Å²) in [4.78, 5) is 27.6. The Hall–Kier alpha value is -2.22. The average Bonchev–Trinajstić information content (AvgIpc) is 3.04. The minimum atomic E-state index is -0.419. The molecular weight excluding hydrogens is 400 g/mol. The third-order valence-electron chi connectivity index (χ3n) is 5.06. The second kappa shape index (κ2) is 9.73. The third-order valence-corrected chi connectivity index (χ3v) is 5.95. The summed E-state index contributed by atoms with van der Waals surface area (Å²) in [5.74, 6) is -0.562. The maximum Gasteiger partial charge on any atom is 0.341 e. The number of rotatable bonds is 6. The van der Waals surface area contributed by atoms with Gasteiger partial charge in [-0.3, -0.25) is 9.69 Å². The van der Waals surface area contributed by atoms with Gasteiger partial charge in [0.25, 0.3) is 0 Å². The van der Waals surface area contributed by atoms with Gasteiger partial charge in [0, 0.05) is 24.0 Å². The lowest BCUT2D eigenvalue weighted by Crippen LogP contribution is -2.48. The minimum Gasteiger partial charge on any atom is -0.462 e. The van der Waals surface area contributed by atoms with Crippen molar-refractivity contribution in [2.75, 3.05) is 31.6 Å². The fourth-order valence-electron chi connectivity index (χ4n) is 3.95. The zero-order valence-electron chi connectivity index (χ0n) is 18.3. The molecule has 2 atom stereocenters. The molecule has 0 unspecified atom stereocenters. The van der Waals surface area contributed by atoms with E-state index in [1.165, 1.54) is 11.3 Å². The highest BCUT2D eigenvalue weighted by atomic mass is 32.1. The zero-order chi connectivity index (χ0) is 21.8. The van der Waals surface area contributed by atoms with Gasteiger partial charge in [-0.05, 0) is 45.7 Å². The number of benzene rings is 1. The summed E-state index contributed by atoms with van der Waals surface area (Å²) < 4.78 is 11.0. The number of morpholine rings is 1. The van der Waals surface area contributed by atoms with Crippen LogP contribution in [-0.2, 0) is 14.3 Å². The van der Waals surface area contributed by atoms with E-state index in [0.29, 0.717) is 23.7 Å². The molecule has 1 aromatic carbocycles. The van der Waals surface area contributed by atoms with Gasteiger partial charge in [0.05, 0.1) is 25.4 Å². The summed E-state index contributed by atoms with van der Waals surface area (Å²) in [6.07, 6.45) is 0.184. The topological polar surface area (TPSA) is 67.9 Å². The summed E-state index contributed by atoms with van der Waals surface area (Å²) >= 11 is 1.35. The van der Waals surface area contributed by atoms with E-state index in [2.05, 4.69) is 16.3 Å². The second-order valence-corrected chi connectivity index (χ2v) is 8.77. The first-order chi connectivity index (χ1) is 14.3. The number of ether oxygens (including phenoxy) is 2. The molecule has 162 valence electrons. The van der Waals surface area contributed by atoms with E-state index in [0.717, 1.165) is 22.3 Å². The molecule has 1 N–H and O–H groups in total. The molecule has 1 fully saturated rings. The Morgan fingerprint density at radius 2 is 1.90 bits per heavy atom. The fourth-order valence-corrected chi connectivity index (χ4v) is 4.92. The number of anilines is 1. The minimum absolute atomic E-state index is 0.0921. The molecule has 0 saturated carbocycles. The number of amides is 1. The van der Waals surface area contributed by atoms with Crippen LogP contribution in [0.3, 0.4) is 0 Å². The summed E-state index contributed by atoms with van der Waals surface area (Å²) in [5, 5.41) is 5.39. The van der Waals surface area contributed by atoms with Crippen LogP contribution >= 0.6 is 11.3 Å². The predicted octanol–water partition coefficient (Wildman–Crippen LogP) is 4.26. The number of esters is 1. The molecule has 0 radical (unpaired) electrons. The molecule has 0 aliphatic carbocycles. The van der Waals surface area contributed by atoms with Gasteiger partial charge in [-0.1, -0.05) is 23.8 Å². The molecule has 0 bridgehead atoms. The molecule has 6 nitrogen and oxygen atoms in total. The maximum atomic E-state index is 12.8. The highest BCUT2D eigenvalue weighted by Crippen LogP contribution is 2.38. The number of hydrogen-bond donors (Lipinski definition) is 1. The molecule has 1 saturated heterocycles. The normalized spacial score (nSPS) is 19.5. The highest BCUT2D eigenvalue weighted by molar-refractivity contribution is 7.15. The largest absolute Gasteiger partial charge is 0.462 e. The van der Waals surface area contributed by atoms with Gasteiger partial charge in [0.2, 0.25) is 5.91 Å². The summed E-state index contributed by atoms with van der Waals surface area (Å²) in [6, 6.07) is 6.12. The Morgan fingerprint density at radius 3 is 2.53 bits per heavy atom. The van der Waals surface area contributed by atoms with Crippen molar-refractivity contribution >= 4 is 28.2 Å². The number of hydrogen-bond acceptors (Lipinski definition) is 6. The van der Waals surface area contributed by atoms with Crippen LogP contribution in [0.2, 0.25) is 0 Å². The van der Waals surface area contributed by atoms with Gasteiger partial charge in [0.15, 0.2) is 0 Å². The number of carbonyl (C=O) groups excluding carboxylic acids is 2. The van der Waals surface area contributed by atoms with Gasteiger partial charge in [-0.2, -0.15) is 0 Å². The first-order valence-corrected chi connectivity index (χ1v) is 11.2. The highest BCUT2D eigenvalue weighted by Gasteiger charge is 2.26. The first kappa shape index (κ1) is 22.5. The Balaban J connectivity index is 1.84. The van der Waals surface area contributed by atoms with Gasteiger partial charge in [0.1, 0.15) is 10.6 Å². The number of aryl methyl sites for hydroxylation is 2. The van der Waals surface area contributed by atoms with E-state index in [4.69, 9.17) is 9.47 Å². The number of nitrogens with zero attached hydrogens (tertiary/aromatic N) is 1. The lowest BCUT2D eigenvalue weighted by atomic mass is 9.97. The van der Waals surface area contributed by atoms with Gasteiger partial charge in [-0.25, -0.2) is 4.79 Å². The maximum absolute atomic E-state index is 12.8. The third kappa shape index (κ3) is 5.28. The monoisotopic (exact) mass is 430 g/mol. The van der Waals surface area contributed by atoms with E-state index in [1.54, 1.807) is 6.92 Å². The van der Waals surface area contributed by atoms with Crippen LogP contribution in [0.4, 0.5) is 5.00 Å². The molecule has 30 heavy (non-hydrogen) atoms. The quantitative estimate of drug-likeness (QED) is 0.694. The molecule has 3 rings (SSSR count). The van der Waals surface area contributed by atoms with Crippen molar-refractivity contribution in [3.05, 3.63) is 40.3 Å². The Bertz CT molecular complexity index is 914. The SMILES string of the molecule is CCOC(=O)c1c(-c2ccc(C)cc2C)csc1NC(=O)CN1C[C@H](C)O[C@@H](C)C1. The van der Waals surface area contributed by atoms with E-state index in [9.17, 15) is 9.59 Å². The van der Waals surface area contributed by atoms with Gasteiger partial charge in [-0.15, -0.1) is 11.3 Å². The second-order valence-electron chi connectivity index (χ2n) is 7.89. The van der Waals surface area contributed by atoms with Crippen LogP contribution in [0.1, 0.15) is 42.3 Å². The standard InChI is InChI=1S/C23H30N2O4S/c1-6-28-23(27)21-19(18-8-7-14(2)9-15(18)3)13-30-22(21)24-20(26)12-25-10-16(4)29-17(5)11-25/h7-9,13,16-17H,6,10-12H2,1-5H3,(H,24,26)/t16-,17-/m0/s1. The van der Waals surface area contributed by atoms with Crippen LogP contribution in [-0.4, -0.2) is 55.2 Å². The summed E-state index contributed by atoms with van der Waals surface area (Å²) in [6.45, 7) is 11.8. The molecule has 1 aliphatic heterocycles. The molecule has 2 aromatic rings. The Labute approximate surface area is 182 Å².